The van der Waals surface area contributed by atoms with Crippen molar-refractivity contribution in [3.63, 3.8) is 0 Å². The highest BCUT2D eigenvalue weighted by atomic mass is 32.2. The van der Waals surface area contributed by atoms with Crippen LogP contribution < -0.4 is 15.0 Å². The van der Waals surface area contributed by atoms with Crippen LogP contribution in [0.2, 0.25) is 0 Å². The van der Waals surface area contributed by atoms with Crippen LogP contribution in [0.4, 0.5) is 11.4 Å². The molecule has 4 aromatic rings. The van der Waals surface area contributed by atoms with E-state index in [4.69, 9.17) is 4.74 Å². The van der Waals surface area contributed by atoms with Gasteiger partial charge in [-0.2, -0.15) is 0 Å². The number of hydrogen-bond donors (Lipinski definition) is 1. The number of aromatic nitrogens is 3. The van der Waals surface area contributed by atoms with Crippen LogP contribution in [0.25, 0.3) is 17.1 Å². The van der Waals surface area contributed by atoms with Gasteiger partial charge < -0.3 is 10.1 Å². The molecule has 0 bridgehead atoms. The minimum atomic E-state index is -1.03. The van der Waals surface area contributed by atoms with Crippen molar-refractivity contribution in [2.24, 2.45) is 0 Å². The molecule has 0 unspecified atom stereocenters. The third kappa shape index (κ3) is 4.22. The Morgan fingerprint density at radius 2 is 1.67 bits per heavy atom. The second kappa shape index (κ2) is 9.50. The Bertz CT molecular complexity index is 1420. The lowest BCUT2D eigenvalue weighted by molar-refractivity contribution is -0.125. The van der Waals surface area contributed by atoms with Crippen molar-refractivity contribution in [3.05, 3.63) is 78.9 Å². The van der Waals surface area contributed by atoms with Gasteiger partial charge in [-0.25, -0.2) is 0 Å². The summed E-state index contributed by atoms with van der Waals surface area (Å²) in [6, 6.07) is 24.7. The highest BCUT2D eigenvalue weighted by molar-refractivity contribution is 7.99. The zero-order valence-corrected chi connectivity index (χ0v) is 21.0. The van der Waals surface area contributed by atoms with E-state index in [9.17, 15) is 9.59 Å². The van der Waals surface area contributed by atoms with Gasteiger partial charge in [0, 0.05) is 11.3 Å². The maximum absolute atomic E-state index is 13.5. The molecular formula is C27H25N5O3S. The van der Waals surface area contributed by atoms with Crippen LogP contribution in [0.15, 0.2) is 84.0 Å². The fourth-order valence-corrected chi connectivity index (χ4v) is 4.99. The third-order valence-electron chi connectivity index (χ3n) is 6.08. The standard InChI is InChI=1S/C27H25N5O3S/c1-27(2)25(34)28-21-11-7-8-12-22(21)32(27)23(33)17-36-26-30-29-24(18-13-15-20(35-3)16-14-18)31(26)19-9-5-4-6-10-19/h4-16H,17H2,1-3H3,(H,28,34). The number of methoxy groups -OCH3 is 1. The number of nitrogens with zero attached hydrogens (tertiary/aromatic N) is 4. The first kappa shape index (κ1) is 23.6. The Morgan fingerprint density at radius 3 is 2.39 bits per heavy atom. The maximum Gasteiger partial charge on any atom is 0.250 e. The number of ether oxygens (including phenoxy) is 1. The van der Waals surface area contributed by atoms with E-state index in [1.165, 1.54) is 11.8 Å². The summed E-state index contributed by atoms with van der Waals surface area (Å²) in [4.78, 5) is 27.9. The Balaban J connectivity index is 1.47. The van der Waals surface area contributed by atoms with Crippen molar-refractivity contribution < 1.29 is 14.3 Å². The molecule has 0 atom stereocenters. The Hall–Kier alpha value is -4.11. The van der Waals surface area contributed by atoms with Gasteiger partial charge >= 0.3 is 0 Å². The van der Waals surface area contributed by atoms with Gasteiger partial charge in [0.15, 0.2) is 11.0 Å². The van der Waals surface area contributed by atoms with Crippen LogP contribution in [0.3, 0.4) is 0 Å². The summed E-state index contributed by atoms with van der Waals surface area (Å²) >= 11 is 1.29. The highest BCUT2D eigenvalue weighted by Gasteiger charge is 2.43. The molecule has 0 fully saturated rings. The lowest BCUT2D eigenvalue weighted by Gasteiger charge is -2.42. The van der Waals surface area contributed by atoms with Crippen molar-refractivity contribution in [1.29, 1.82) is 0 Å². The molecule has 3 aromatic carbocycles. The molecule has 1 aromatic heterocycles. The summed E-state index contributed by atoms with van der Waals surface area (Å²) in [6.07, 6.45) is 0. The molecule has 2 heterocycles. The van der Waals surface area contributed by atoms with Crippen molar-refractivity contribution in [3.8, 4) is 22.8 Å². The van der Waals surface area contributed by atoms with Crippen LogP contribution >= 0.6 is 11.8 Å². The van der Waals surface area contributed by atoms with E-state index in [0.29, 0.717) is 22.4 Å². The summed E-state index contributed by atoms with van der Waals surface area (Å²) in [5.74, 6) is 1.06. The van der Waals surface area contributed by atoms with Gasteiger partial charge in [-0.3, -0.25) is 19.1 Å². The summed E-state index contributed by atoms with van der Waals surface area (Å²) < 4.78 is 7.21. The van der Waals surface area contributed by atoms with Gasteiger partial charge in [0.2, 0.25) is 11.8 Å². The minimum Gasteiger partial charge on any atom is -0.497 e. The van der Waals surface area contributed by atoms with E-state index in [0.717, 1.165) is 17.0 Å². The van der Waals surface area contributed by atoms with Crippen LogP contribution in [-0.4, -0.2) is 45.0 Å². The van der Waals surface area contributed by atoms with Crippen LogP contribution in [-0.2, 0) is 9.59 Å². The van der Waals surface area contributed by atoms with E-state index in [1.54, 1.807) is 31.9 Å². The fraction of sp³-hybridized carbons (Fsp3) is 0.185. The molecular weight excluding hydrogens is 474 g/mol. The molecule has 8 nitrogen and oxygen atoms in total. The number of hydrogen-bond acceptors (Lipinski definition) is 6. The van der Waals surface area contributed by atoms with Crippen molar-refractivity contribution >= 4 is 35.0 Å². The smallest absolute Gasteiger partial charge is 0.250 e. The molecule has 0 aliphatic carbocycles. The third-order valence-corrected chi connectivity index (χ3v) is 6.99. The lowest BCUT2D eigenvalue weighted by Crippen LogP contribution is -2.59. The topological polar surface area (TPSA) is 89.4 Å². The largest absolute Gasteiger partial charge is 0.497 e. The number of carbonyl (C=O) groups is 2. The van der Waals surface area contributed by atoms with Gasteiger partial charge in [0.25, 0.3) is 0 Å². The fourth-order valence-electron chi connectivity index (χ4n) is 4.19. The Kier molecular flexibility index (Phi) is 6.24. The molecule has 0 radical (unpaired) electrons. The first-order chi connectivity index (χ1) is 17.4. The van der Waals surface area contributed by atoms with Crippen LogP contribution in [0.5, 0.6) is 5.75 Å². The van der Waals surface area contributed by atoms with Gasteiger partial charge in [-0.1, -0.05) is 42.1 Å². The molecule has 0 saturated carbocycles. The number of amides is 2. The zero-order valence-electron chi connectivity index (χ0n) is 20.1. The normalized spacial score (nSPS) is 14.2. The number of rotatable bonds is 6. The average Bonchev–Trinajstić information content (AvgIpc) is 3.32. The van der Waals surface area contributed by atoms with Gasteiger partial charge in [-0.05, 0) is 62.4 Å². The number of carbonyl (C=O) groups excluding carboxylic acids is 2. The van der Waals surface area contributed by atoms with Crippen molar-refractivity contribution in [1.82, 2.24) is 14.8 Å². The van der Waals surface area contributed by atoms with E-state index in [1.807, 2.05) is 77.4 Å². The second-order valence-electron chi connectivity index (χ2n) is 8.75. The molecule has 182 valence electrons. The van der Waals surface area contributed by atoms with Crippen molar-refractivity contribution in [2.45, 2.75) is 24.5 Å². The number of para-hydroxylation sites is 3. The molecule has 2 amide bonds. The van der Waals surface area contributed by atoms with Gasteiger partial charge in [0.05, 0.1) is 24.2 Å². The SMILES string of the molecule is COc1ccc(-c2nnc(SCC(=O)N3c4ccccc4NC(=O)C3(C)C)n2-c2ccccc2)cc1. The molecule has 1 aliphatic rings. The van der Waals surface area contributed by atoms with E-state index < -0.39 is 5.54 Å². The van der Waals surface area contributed by atoms with Gasteiger partial charge in [0.1, 0.15) is 11.3 Å². The summed E-state index contributed by atoms with van der Waals surface area (Å²) in [5.41, 5.74) is 2.01. The summed E-state index contributed by atoms with van der Waals surface area (Å²) in [7, 11) is 1.62. The number of thioether (sulfide) groups is 1. The van der Waals surface area contributed by atoms with E-state index in [-0.39, 0.29) is 17.6 Å². The minimum absolute atomic E-state index is 0.0820. The highest BCUT2D eigenvalue weighted by Crippen LogP contribution is 2.37. The average molecular weight is 500 g/mol. The molecule has 9 heteroatoms. The Labute approximate surface area is 213 Å². The zero-order chi connectivity index (χ0) is 25.3. The number of anilines is 2. The van der Waals surface area contributed by atoms with Crippen LogP contribution in [0.1, 0.15) is 13.8 Å². The Morgan fingerprint density at radius 1 is 0.972 bits per heavy atom. The molecule has 5 rings (SSSR count). The number of fused-ring (bicyclic) bond motifs is 1. The van der Waals surface area contributed by atoms with E-state index in [2.05, 4.69) is 15.5 Å². The maximum atomic E-state index is 13.5. The number of nitrogens with one attached hydrogen (secondary N) is 1. The van der Waals surface area contributed by atoms with E-state index >= 15 is 0 Å². The molecule has 0 spiro atoms. The number of benzene rings is 3. The van der Waals surface area contributed by atoms with Gasteiger partial charge in [-0.15, -0.1) is 10.2 Å². The molecule has 0 saturated heterocycles. The predicted molar refractivity (Wildman–Crippen MR) is 141 cm³/mol. The summed E-state index contributed by atoms with van der Waals surface area (Å²) in [6.45, 7) is 3.49. The molecule has 1 N–H and O–H groups in total. The first-order valence-corrected chi connectivity index (χ1v) is 12.4. The second-order valence-corrected chi connectivity index (χ2v) is 9.70. The lowest BCUT2D eigenvalue weighted by atomic mass is 9.96. The quantitative estimate of drug-likeness (QED) is 0.384. The molecule has 1 aliphatic heterocycles. The monoisotopic (exact) mass is 499 g/mol. The van der Waals surface area contributed by atoms with Crippen molar-refractivity contribution in [2.75, 3.05) is 23.1 Å². The molecule has 36 heavy (non-hydrogen) atoms. The van der Waals surface area contributed by atoms with Crippen LogP contribution in [0, 0.1) is 0 Å². The summed E-state index contributed by atoms with van der Waals surface area (Å²) in [5, 5.41) is 12.3. The predicted octanol–water partition coefficient (Wildman–Crippen LogP) is 4.80. The first-order valence-electron chi connectivity index (χ1n) is 11.4.